The van der Waals surface area contributed by atoms with Gasteiger partial charge >= 0.3 is 0 Å². The van der Waals surface area contributed by atoms with Crippen molar-refractivity contribution in [2.75, 3.05) is 27.3 Å². The molecule has 0 radical (unpaired) electrons. The second-order valence-corrected chi connectivity index (χ2v) is 4.87. The standard InChI is InChI=1S/C13H18N4OS/c1-16(8-5-9-18-2)10-17-13(19)11-6-3-4-7-12(11)14-15-17/h3-4,6-7H,5,8-10H2,1-2H3. The van der Waals surface area contributed by atoms with Crippen molar-refractivity contribution in [3.8, 4) is 0 Å². The Bertz CT molecular complexity index is 598. The number of aromatic nitrogens is 3. The molecule has 0 saturated heterocycles. The maximum atomic E-state index is 5.46. The molecule has 19 heavy (non-hydrogen) atoms. The van der Waals surface area contributed by atoms with Crippen molar-refractivity contribution in [3.05, 3.63) is 28.9 Å². The highest BCUT2D eigenvalue weighted by Gasteiger charge is 2.04. The van der Waals surface area contributed by atoms with Crippen molar-refractivity contribution in [3.63, 3.8) is 0 Å². The third-order valence-corrected chi connectivity index (χ3v) is 3.32. The van der Waals surface area contributed by atoms with Crippen molar-refractivity contribution in [1.82, 2.24) is 19.9 Å². The van der Waals surface area contributed by atoms with Crippen molar-refractivity contribution in [2.24, 2.45) is 0 Å². The van der Waals surface area contributed by atoms with Gasteiger partial charge in [-0.3, -0.25) is 4.90 Å². The molecule has 2 rings (SSSR count). The van der Waals surface area contributed by atoms with Gasteiger partial charge in [0.05, 0.1) is 12.2 Å². The van der Waals surface area contributed by atoms with Crippen LogP contribution in [0.3, 0.4) is 0 Å². The summed E-state index contributed by atoms with van der Waals surface area (Å²) in [6, 6.07) is 7.80. The maximum Gasteiger partial charge on any atom is 0.135 e. The van der Waals surface area contributed by atoms with E-state index in [0.717, 1.165) is 35.1 Å². The van der Waals surface area contributed by atoms with Crippen molar-refractivity contribution in [2.45, 2.75) is 13.1 Å². The van der Waals surface area contributed by atoms with Gasteiger partial charge in [0, 0.05) is 25.6 Å². The van der Waals surface area contributed by atoms with E-state index in [2.05, 4.69) is 15.2 Å². The van der Waals surface area contributed by atoms with Crippen LogP contribution in [0.1, 0.15) is 6.42 Å². The highest BCUT2D eigenvalue weighted by Crippen LogP contribution is 2.11. The first-order valence-corrected chi connectivity index (χ1v) is 6.63. The van der Waals surface area contributed by atoms with E-state index in [1.165, 1.54) is 0 Å². The summed E-state index contributed by atoms with van der Waals surface area (Å²) in [5.74, 6) is 0. The molecule has 6 heteroatoms. The first-order valence-electron chi connectivity index (χ1n) is 6.22. The topological polar surface area (TPSA) is 43.2 Å². The van der Waals surface area contributed by atoms with Gasteiger partial charge in [-0.25, -0.2) is 4.68 Å². The first-order chi connectivity index (χ1) is 9.22. The number of hydrogen-bond acceptors (Lipinski definition) is 5. The van der Waals surface area contributed by atoms with Crippen LogP contribution in [-0.4, -0.2) is 47.2 Å². The number of fused-ring (bicyclic) bond motifs is 1. The Balaban J connectivity index is 2.13. The summed E-state index contributed by atoms with van der Waals surface area (Å²) < 4.78 is 7.52. The number of ether oxygens (including phenoxy) is 1. The average Bonchev–Trinajstić information content (AvgIpc) is 2.43. The summed E-state index contributed by atoms with van der Waals surface area (Å²) in [5, 5.41) is 9.32. The molecule has 0 spiro atoms. The number of nitrogens with zero attached hydrogens (tertiary/aromatic N) is 4. The smallest absolute Gasteiger partial charge is 0.135 e. The fraction of sp³-hybridized carbons (Fsp3) is 0.462. The summed E-state index contributed by atoms with van der Waals surface area (Å²) >= 11 is 5.46. The summed E-state index contributed by atoms with van der Waals surface area (Å²) in [5.41, 5.74) is 0.839. The number of benzene rings is 1. The highest BCUT2D eigenvalue weighted by molar-refractivity contribution is 7.71. The molecule has 0 fully saturated rings. The van der Waals surface area contributed by atoms with Gasteiger partial charge < -0.3 is 4.74 Å². The van der Waals surface area contributed by atoms with E-state index in [9.17, 15) is 0 Å². The molecule has 0 amide bonds. The van der Waals surface area contributed by atoms with E-state index in [-0.39, 0.29) is 0 Å². The zero-order valence-corrected chi connectivity index (χ0v) is 12.1. The molecule has 0 unspecified atom stereocenters. The lowest BCUT2D eigenvalue weighted by Crippen LogP contribution is -2.26. The van der Waals surface area contributed by atoms with Crippen molar-refractivity contribution in [1.29, 1.82) is 0 Å². The van der Waals surface area contributed by atoms with Gasteiger partial charge in [-0.05, 0) is 25.6 Å². The lowest BCUT2D eigenvalue weighted by molar-refractivity contribution is 0.167. The fourth-order valence-electron chi connectivity index (χ4n) is 1.89. The van der Waals surface area contributed by atoms with E-state index >= 15 is 0 Å². The molecule has 0 bridgehead atoms. The Labute approximate surface area is 117 Å². The predicted octanol–water partition coefficient (Wildman–Crippen LogP) is 2.09. The van der Waals surface area contributed by atoms with Gasteiger partial charge in [0.1, 0.15) is 4.64 Å². The van der Waals surface area contributed by atoms with E-state index < -0.39 is 0 Å². The molecule has 0 aliphatic carbocycles. The normalized spacial score (nSPS) is 11.3. The monoisotopic (exact) mass is 278 g/mol. The second-order valence-electron chi connectivity index (χ2n) is 4.48. The van der Waals surface area contributed by atoms with Crippen LogP contribution < -0.4 is 0 Å². The van der Waals surface area contributed by atoms with Crippen LogP contribution in [0.2, 0.25) is 0 Å². The van der Waals surface area contributed by atoms with Crippen LogP contribution in [0, 0.1) is 4.64 Å². The zero-order valence-electron chi connectivity index (χ0n) is 11.2. The SMILES string of the molecule is COCCCN(C)Cn1nnc2ccccc2c1=S. The molecule has 5 nitrogen and oxygen atoms in total. The van der Waals surface area contributed by atoms with Gasteiger partial charge in [-0.2, -0.15) is 0 Å². The summed E-state index contributed by atoms with van der Waals surface area (Å²) in [7, 11) is 3.75. The lowest BCUT2D eigenvalue weighted by atomic mass is 10.2. The molecule has 0 atom stereocenters. The quantitative estimate of drug-likeness (QED) is 0.598. The summed E-state index contributed by atoms with van der Waals surface area (Å²) in [6.07, 6.45) is 0.987. The molecule has 102 valence electrons. The third-order valence-electron chi connectivity index (χ3n) is 2.89. The predicted molar refractivity (Wildman–Crippen MR) is 77.5 cm³/mol. The summed E-state index contributed by atoms with van der Waals surface area (Å²) in [6.45, 7) is 2.34. The fourth-order valence-corrected chi connectivity index (χ4v) is 2.16. The van der Waals surface area contributed by atoms with Crippen LogP contribution in [-0.2, 0) is 11.4 Å². The second kappa shape index (κ2) is 6.70. The summed E-state index contributed by atoms with van der Waals surface area (Å²) in [4.78, 5) is 2.15. The average molecular weight is 278 g/mol. The molecule has 1 heterocycles. The molecule has 1 aromatic heterocycles. The van der Waals surface area contributed by atoms with E-state index in [1.54, 1.807) is 11.8 Å². The first kappa shape index (κ1) is 14.0. The van der Waals surface area contributed by atoms with Crippen LogP contribution >= 0.6 is 12.2 Å². The Morgan fingerprint density at radius 2 is 2.16 bits per heavy atom. The van der Waals surface area contributed by atoms with E-state index in [4.69, 9.17) is 17.0 Å². The highest BCUT2D eigenvalue weighted by atomic mass is 32.1. The van der Waals surface area contributed by atoms with Crippen LogP contribution in [0.5, 0.6) is 0 Å². The van der Waals surface area contributed by atoms with E-state index in [1.807, 2.05) is 31.3 Å². The maximum absolute atomic E-state index is 5.46. The molecular formula is C13H18N4OS. The largest absolute Gasteiger partial charge is 0.385 e. The Morgan fingerprint density at radius 3 is 2.95 bits per heavy atom. The van der Waals surface area contributed by atoms with Gasteiger partial charge in [0.25, 0.3) is 0 Å². The minimum atomic E-state index is 0.639. The molecular weight excluding hydrogens is 260 g/mol. The van der Waals surface area contributed by atoms with Crippen LogP contribution in [0.4, 0.5) is 0 Å². The van der Waals surface area contributed by atoms with Gasteiger partial charge in [0.2, 0.25) is 0 Å². The number of rotatable bonds is 6. The molecule has 1 aromatic carbocycles. The number of hydrogen-bond donors (Lipinski definition) is 0. The molecule has 0 aliphatic rings. The molecule has 2 aromatic rings. The van der Waals surface area contributed by atoms with Crippen LogP contribution in [0.15, 0.2) is 24.3 Å². The Kier molecular flexibility index (Phi) is 4.95. The van der Waals surface area contributed by atoms with Gasteiger partial charge in [-0.15, -0.1) is 5.10 Å². The number of methoxy groups -OCH3 is 1. The minimum absolute atomic E-state index is 0.639. The lowest BCUT2D eigenvalue weighted by Gasteiger charge is -2.17. The molecule has 0 N–H and O–H groups in total. The minimum Gasteiger partial charge on any atom is -0.385 e. The Morgan fingerprint density at radius 1 is 1.37 bits per heavy atom. The van der Waals surface area contributed by atoms with Crippen molar-refractivity contribution < 1.29 is 4.74 Å². The zero-order chi connectivity index (χ0) is 13.7. The molecule has 0 aliphatic heterocycles. The van der Waals surface area contributed by atoms with Gasteiger partial charge in [-0.1, -0.05) is 29.6 Å². The van der Waals surface area contributed by atoms with Gasteiger partial charge in [0.15, 0.2) is 0 Å². The Hall–Kier alpha value is -1.37. The third kappa shape index (κ3) is 3.56. The van der Waals surface area contributed by atoms with Crippen molar-refractivity contribution >= 4 is 23.1 Å². The van der Waals surface area contributed by atoms with E-state index in [0.29, 0.717) is 6.67 Å². The molecule has 0 saturated carbocycles. The van der Waals surface area contributed by atoms with Crippen LogP contribution in [0.25, 0.3) is 10.9 Å².